The molecule has 6 aliphatic rings. The standard InChI is InChI=1S/C9H12.C8H10.C6H14N2.C6H13N.C6H12.2C6H6.2C5H10.C4H8.2C2H6.3CH4/c1-8(2)9-6-4-3-5-7-9;1-2-8-6-4-3-5-7-8;1-7-3-5-8(2)6-4-7;1-7-5-3-2-4-6-7;3*1-2-4-6-5-3-1;1-2-5-3-4-5;1-2-4-5-3-1;1-4-2-3-4;2*1-2;;;/h3-8H,1-2H3;3-7H,2H2,1H3;3-6H2,1-2H3;2-6H2,1H3;1-6H2;2*1-6H;5H,2-4H2,1H3;1-5H2;4H,2-3H2,1H3;2*1-2H3;3*1H4. The summed E-state index contributed by atoms with van der Waals surface area (Å²) in [7, 11) is 6.54. The molecule has 3 nitrogen and oxygen atoms in total. The van der Waals surface area contributed by atoms with E-state index < -0.39 is 0 Å². The van der Waals surface area contributed by atoms with Crippen molar-refractivity contribution in [1.82, 2.24) is 14.7 Å². The van der Waals surface area contributed by atoms with Crippen LogP contribution < -0.4 is 0 Å². The normalized spacial score (nSPS) is 16.1. The van der Waals surface area contributed by atoms with Crippen LogP contribution >= 0.6 is 0 Å². The Morgan fingerprint density at radius 2 is 0.620 bits per heavy atom. The minimum atomic E-state index is 0. The molecular formula is C68H125N3. The summed E-state index contributed by atoms with van der Waals surface area (Å²) >= 11 is 0. The number of hydrogen-bond acceptors (Lipinski definition) is 3. The third-order valence-electron chi connectivity index (χ3n) is 12.2. The van der Waals surface area contributed by atoms with Crippen LogP contribution in [0.3, 0.4) is 0 Å². The summed E-state index contributed by atoms with van der Waals surface area (Å²) in [6.45, 7) is 26.7. The van der Waals surface area contributed by atoms with Crippen LogP contribution in [0.15, 0.2) is 133 Å². The lowest BCUT2D eigenvalue weighted by atomic mass is 10.0. The van der Waals surface area contributed by atoms with Crippen molar-refractivity contribution < 1.29 is 0 Å². The fraction of sp³-hybridized carbons (Fsp3) is 0.647. The molecule has 0 aromatic heterocycles. The highest BCUT2D eigenvalue weighted by Crippen LogP contribution is 2.31. The number of piperazine rings is 1. The van der Waals surface area contributed by atoms with Crippen LogP contribution in [0.4, 0.5) is 0 Å². The van der Waals surface area contributed by atoms with Gasteiger partial charge in [0.15, 0.2) is 0 Å². The third-order valence-corrected chi connectivity index (χ3v) is 12.2. The molecule has 4 aromatic carbocycles. The molecule has 6 fully saturated rings. The van der Waals surface area contributed by atoms with Crippen molar-refractivity contribution in [3.8, 4) is 0 Å². The Morgan fingerprint density at radius 1 is 0.380 bits per heavy atom. The number of nitrogens with zero attached hydrogens (tertiary/aromatic N) is 3. The summed E-state index contributed by atoms with van der Waals surface area (Å²) in [5.74, 6) is 2.88. The molecule has 0 atom stereocenters. The molecule has 0 amide bonds. The molecule has 0 unspecified atom stereocenters. The molecule has 4 saturated carbocycles. The fourth-order valence-electron chi connectivity index (χ4n) is 6.92. The number of benzene rings is 4. The Kier molecular flexibility index (Phi) is 65.9. The molecular weight excluding hydrogens is 859 g/mol. The van der Waals surface area contributed by atoms with E-state index in [2.05, 4.69) is 119 Å². The topological polar surface area (TPSA) is 9.72 Å². The summed E-state index contributed by atoms with van der Waals surface area (Å²) in [5.41, 5.74) is 2.82. The molecule has 4 aromatic rings. The van der Waals surface area contributed by atoms with E-state index in [4.69, 9.17) is 0 Å². The van der Waals surface area contributed by atoms with Crippen molar-refractivity contribution >= 4 is 0 Å². The zero-order valence-corrected chi connectivity index (χ0v) is 47.2. The Bertz CT molecular complexity index is 1300. The minimum Gasteiger partial charge on any atom is -0.306 e. The van der Waals surface area contributed by atoms with Gasteiger partial charge in [0, 0.05) is 26.2 Å². The van der Waals surface area contributed by atoms with Crippen molar-refractivity contribution in [3.63, 3.8) is 0 Å². The Balaban J connectivity index is -0.000000226. The molecule has 0 spiro atoms. The van der Waals surface area contributed by atoms with Gasteiger partial charge in [-0.05, 0) is 82.4 Å². The quantitative estimate of drug-likeness (QED) is 0.203. The second-order valence-electron chi connectivity index (χ2n) is 19.1. The molecule has 0 bridgehead atoms. The highest BCUT2D eigenvalue weighted by molar-refractivity contribution is 5.17. The predicted molar refractivity (Wildman–Crippen MR) is 331 cm³/mol. The Hall–Kier alpha value is -3.24. The van der Waals surface area contributed by atoms with Gasteiger partial charge < -0.3 is 14.7 Å². The lowest BCUT2D eigenvalue weighted by molar-refractivity contribution is 0.181. The van der Waals surface area contributed by atoms with Crippen molar-refractivity contribution in [2.24, 2.45) is 11.8 Å². The van der Waals surface area contributed by atoms with Gasteiger partial charge in [0.1, 0.15) is 0 Å². The first-order valence-electron chi connectivity index (χ1n) is 28.4. The first kappa shape index (κ1) is 76.7. The summed E-state index contributed by atoms with van der Waals surface area (Å²) in [4.78, 5) is 7.11. The second kappa shape index (κ2) is 61.1. The van der Waals surface area contributed by atoms with E-state index >= 15 is 0 Å². The van der Waals surface area contributed by atoms with Gasteiger partial charge in [0.05, 0.1) is 0 Å². The predicted octanol–water partition coefficient (Wildman–Crippen LogP) is 20.9. The molecule has 4 aliphatic carbocycles. The maximum Gasteiger partial charge on any atom is 0.0107 e. The highest BCUT2D eigenvalue weighted by atomic mass is 15.2. The Morgan fingerprint density at radius 3 is 0.775 bits per heavy atom. The van der Waals surface area contributed by atoms with Gasteiger partial charge in [-0.25, -0.2) is 0 Å². The zero-order valence-electron chi connectivity index (χ0n) is 47.2. The molecule has 2 aliphatic heterocycles. The molecule has 412 valence electrons. The van der Waals surface area contributed by atoms with Crippen molar-refractivity contribution in [2.45, 2.75) is 219 Å². The average molecular weight is 985 g/mol. The highest BCUT2D eigenvalue weighted by Gasteiger charge is 2.17. The van der Waals surface area contributed by atoms with Crippen LogP contribution in [-0.4, -0.2) is 75.1 Å². The monoisotopic (exact) mass is 984 g/mol. The second-order valence-corrected chi connectivity index (χ2v) is 19.1. The summed E-state index contributed by atoms with van der Waals surface area (Å²) in [6, 6.07) is 45.0. The smallest absolute Gasteiger partial charge is 0.0107 e. The lowest BCUT2D eigenvalue weighted by Crippen LogP contribution is -2.42. The van der Waals surface area contributed by atoms with Gasteiger partial charge in [-0.15, -0.1) is 0 Å². The largest absolute Gasteiger partial charge is 0.306 e. The van der Waals surface area contributed by atoms with E-state index in [-0.39, 0.29) is 22.3 Å². The maximum atomic E-state index is 2.39. The van der Waals surface area contributed by atoms with E-state index in [1.807, 2.05) is 113 Å². The van der Waals surface area contributed by atoms with Crippen LogP contribution in [0.2, 0.25) is 0 Å². The van der Waals surface area contributed by atoms with Gasteiger partial charge in [0.2, 0.25) is 0 Å². The number of hydrogen-bond donors (Lipinski definition) is 0. The first-order valence-corrected chi connectivity index (χ1v) is 28.4. The summed E-state index contributed by atoms with van der Waals surface area (Å²) in [6.07, 6.45) is 29.3. The van der Waals surface area contributed by atoms with Gasteiger partial charge in [-0.3, -0.25) is 0 Å². The number of likely N-dealkylation sites (tertiary alicyclic amines) is 1. The summed E-state index contributed by atoms with van der Waals surface area (Å²) in [5, 5.41) is 0. The minimum absolute atomic E-state index is 0. The van der Waals surface area contributed by atoms with Crippen LogP contribution in [0, 0.1) is 11.8 Å². The number of piperidine rings is 1. The average Bonchev–Trinajstić information content (AvgIpc) is 4.36. The van der Waals surface area contributed by atoms with Crippen molar-refractivity contribution in [2.75, 3.05) is 60.4 Å². The van der Waals surface area contributed by atoms with E-state index in [1.165, 1.54) is 172 Å². The van der Waals surface area contributed by atoms with Gasteiger partial charge >= 0.3 is 0 Å². The number of likely N-dealkylation sites (N-methyl/N-ethyl adjacent to an activating group) is 2. The lowest BCUT2D eigenvalue weighted by Gasteiger charge is -2.28. The van der Waals surface area contributed by atoms with Gasteiger partial charge in [-0.2, -0.15) is 0 Å². The molecule has 2 saturated heterocycles. The fourth-order valence-corrected chi connectivity index (χ4v) is 6.92. The number of rotatable bonds is 3. The molecule has 0 N–H and O–H groups in total. The van der Waals surface area contributed by atoms with E-state index in [0.717, 1.165) is 18.3 Å². The maximum absolute atomic E-state index is 2.39. The first-order chi connectivity index (χ1) is 33.2. The molecule has 0 radical (unpaired) electrons. The van der Waals surface area contributed by atoms with Crippen molar-refractivity contribution in [3.05, 3.63) is 145 Å². The molecule has 2 heterocycles. The van der Waals surface area contributed by atoms with Crippen LogP contribution in [0.1, 0.15) is 224 Å². The Labute approximate surface area is 448 Å². The zero-order chi connectivity index (χ0) is 50.6. The van der Waals surface area contributed by atoms with Gasteiger partial charge in [0.25, 0.3) is 0 Å². The number of aryl methyl sites for hydroxylation is 1. The molecule has 10 rings (SSSR count). The molecule has 3 heteroatoms. The van der Waals surface area contributed by atoms with Crippen molar-refractivity contribution in [1.29, 1.82) is 0 Å². The summed E-state index contributed by atoms with van der Waals surface area (Å²) < 4.78 is 0. The van der Waals surface area contributed by atoms with E-state index in [0.29, 0.717) is 5.92 Å². The van der Waals surface area contributed by atoms with Crippen LogP contribution in [-0.2, 0) is 6.42 Å². The molecule has 71 heavy (non-hydrogen) atoms. The van der Waals surface area contributed by atoms with E-state index in [1.54, 1.807) is 0 Å². The van der Waals surface area contributed by atoms with Gasteiger partial charge in [-0.1, -0.05) is 327 Å². The van der Waals surface area contributed by atoms with Crippen LogP contribution in [0.5, 0.6) is 0 Å². The SMILES string of the molecule is C.C.C.C1CCCC1.C1CCCCC1.CC.CC.CC(C)c1ccccc1.CC1CC1.CCC1CC1.CCc1ccccc1.CN1CCCCC1.CN1CCN(C)CC1.c1ccccc1.c1ccccc1. The third kappa shape index (κ3) is 61.0. The van der Waals surface area contributed by atoms with E-state index in [9.17, 15) is 0 Å². The van der Waals surface area contributed by atoms with Crippen LogP contribution in [0.25, 0.3) is 0 Å².